The lowest BCUT2D eigenvalue weighted by Gasteiger charge is -2.19. The van der Waals surface area contributed by atoms with Gasteiger partial charge in [-0.1, -0.05) is 49.4 Å². The first kappa shape index (κ1) is 27.2. The number of hydrogen-bond donors (Lipinski definition) is 2. The van der Waals surface area contributed by atoms with Crippen molar-refractivity contribution in [2.45, 2.75) is 52.6 Å². The van der Waals surface area contributed by atoms with Crippen LogP contribution in [0.5, 0.6) is 5.75 Å². The number of carbonyl (C=O) groups is 2. The number of nitrogens with zero attached hydrogens (tertiary/aromatic N) is 3. The summed E-state index contributed by atoms with van der Waals surface area (Å²) in [7, 11) is 0. The molecule has 2 aromatic carbocycles. The van der Waals surface area contributed by atoms with Crippen LogP contribution < -0.4 is 15.4 Å². The number of anilines is 2. The lowest BCUT2D eigenvalue weighted by molar-refractivity contribution is -0.157. The first-order valence-corrected chi connectivity index (χ1v) is 13.6. The monoisotopic (exact) mass is 561 g/mol. The molecule has 0 radical (unpaired) electrons. The fourth-order valence-corrected chi connectivity index (χ4v) is 4.95. The van der Waals surface area contributed by atoms with Crippen molar-refractivity contribution in [1.82, 2.24) is 14.5 Å². The average molecular weight is 562 g/mol. The lowest BCUT2D eigenvalue weighted by Crippen LogP contribution is -2.27. The summed E-state index contributed by atoms with van der Waals surface area (Å²) in [5.41, 5.74) is 2.59. The second kappa shape index (κ2) is 10.3. The first-order chi connectivity index (χ1) is 18.8. The van der Waals surface area contributed by atoms with Crippen LogP contribution in [-0.2, 0) is 14.9 Å². The highest BCUT2D eigenvalue weighted by molar-refractivity contribution is 7.23. The molecule has 5 aromatic rings. The predicted molar refractivity (Wildman–Crippen MR) is 155 cm³/mol. The zero-order valence-corrected chi connectivity index (χ0v) is 24.0. The number of hydrogen-bond acceptors (Lipinski definition) is 8. The van der Waals surface area contributed by atoms with Crippen molar-refractivity contribution >= 4 is 50.0 Å². The van der Waals surface area contributed by atoms with Crippen LogP contribution in [0, 0.1) is 0 Å². The summed E-state index contributed by atoms with van der Waals surface area (Å²) in [4.78, 5) is 30.0. The maximum Gasteiger partial charge on any atom is 0.344 e. The molecule has 2 N–H and O–H groups in total. The van der Waals surface area contributed by atoms with Gasteiger partial charge in [0.25, 0.3) is 0 Å². The fourth-order valence-electron chi connectivity index (χ4n) is 3.91. The molecule has 0 bridgehead atoms. The van der Waals surface area contributed by atoms with E-state index in [2.05, 4.69) is 15.8 Å². The number of imidazole rings is 1. The Morgan fingerprint density at radius 3 is 2.42 bits per heavy atom. The number of benzene rings is 2. The Morgan fingerprint density at radius 2 is 1.75 bits per heavy atom. The van der Waals surface area contributed by atoms with E-state index in [1.807, 2.05) is 94.6 Å². The molecule has 3 aromatic heterocycles. The van der Waals surface area contributed by atoms with Crippen LogP contribution in [0.15, 0.2) is 59.3 Å². The Balaban J connectivity index is 1.23. The average Bonchev–Trinajstić information content (AvgIpc) is 3.56. The number of esters is 1. The standard InChI is InChI=1S/C29H31N5O5S/c1-28(2,3)23-14-24(33-39-23)32-26(36)30-18-9-7-17(8-10-18)20-15-34-21-12-11-19(13-22(21)40-27(34)31-20)37-16-25(35)38-29(4,5)6/h7-15H,16H2,1-6H3,(H2,30,32,33,36). The van der Waals surface area contributed by atoms with E-state index < -0.39 is 17.6 Å². The third-order valence-corrected chi connectivity index (χ3v) is 6.79. The maximum absolute atomic E-state index is 12.4. The Labute approximate surface area is 235 Å². The third kappa shape index (κ3) is 6.26. The van der Waals surface area contributed by atoms with E-state index in [1.165, 1.54) is 11.3 Å². The van der Waals surface area contributed by atoms with Gasteiger partial charge in [0.15, 0.2) is 17.4 Å². The number of fused-ring (bicyclic) bond motifs is 3. The molecule has 5 rings (SSSR count). The number of rotatable bonds is 6. The van der Waals surface area contributed by atoms with Crippen LogP contribution in [0.3, 0.4) is 0 Å². The van der Waals surface area contributed by atoms with Crippen LogP contribution in [0.25, 0.3) is 26.4 Å². The number of thiazole rings is 1. The third-order valence-electron chi connectivity index (χ3n) is 5.77. The summed E-state index contributed by atoms with van der Waals surface area (Å²) in [6, 6.07) is 14.4. The van der Waals surface area contributed by atoms with Crippen molar-refractivity contribution in [1.29, 1.82) is 0 Å². The smallest absolute Gasteiger partial charge is 0.344 e. The van der Waals surface area contributed by atoms with Crippen LogP contribution in [0.4, 0.5) is 16.3 Å². The van der Waals surface area contributed by atoms with E-state index in [9.17, 15) is 9.59 Å². The van der Waals surface area contributed by atoms with Gasteiger partial charge in [-0.25, -0.2) is 14.6 Å². The van der Waals surface area contributed by atoms with E-state index in [-0.39, 0.29) is 12.0 Å². The van der Waals surface area contributed by atoms with Crippen molar-refractivity contribution in [2.24, 2.45) is 0 Å². The normalized spacial score (nSPS) is 12.1. The molecular formula is C29H31N5O5S. The van der Waals surface area contributed by atoms with Crippen LogP contribution in [0.1, 0.15) is 47.3 Å². The van der Waals surface area contributed by atoms with Crippen molar-refractivity contribution < 1.29 is 23.6 Å². The van der Waals surface area contributed by atoms with Crippen LogP contribution in [-0.4, -0.2) is 38.7 Å². The zero-order valence-electron chi connectivity index (χ0n) is 23.2. The van der Waals surface area contributed by atoms with Crippen LogP contribution in [0.2, 0.25) is 0 Å². The van der Waals surface area contributed by atoms with E-state index >= 15 is 0 Å². The molecular weight excluding hydrogens is 530 g/mol. The van der Waals surface area contributed by atoms with Gasteiger partial charge in [-0.2, -0.15) is 0 Å². The summed E-state index contributed by atoms with van der Waals surface area (Å²) < 4.78 is 19.2. The number of amides is 2. The molecule has 3 heterocycles. The van der Waals surface area contributed by atoms with E-state index in [4.69, 9.17) is 19.0 Å². The van der Waals surface area contributed by atoms with Crippen molar-refractivity contribution in [3.05, 3.63) is 60.5 Å². The molecule has 0 aliphatic carbocycles. The highest BCUT2D eigenvalue weighted by Gasteiger charge is 2.20. The summed E-state index contributed by atoms with van der Waals surface area (Å²) >= 11 is 1.53. The molecule has 11 heteroatoms. The van der Waals surface area contributed by atoms with Crippen LogP contribution >= 0.6 is 11.3 Å². The number of nitrogens with one attached hydrogen (secondary N) is 2. The molecule has 0 unspecified atom stereocenters. The predicted octanol–water partition coefficient (Wildman–Crippen LogP) is 6.87. The van der Waals surface area contributed by atoms with Gasteiger partial charge in [0.05, 0.1) is 15.9 Å². The van der Waals surface area contributed by atoms with Gasteiger partial charge in [-0.05, 0) is 51.1 Å². The number of ether oxygens (including phenoxy) is 2. The van der Waals surface area contributed by atoms with E-state index in [1.54, 1.807) is 6.07 Å². The second-order valence-corrected chi connectivity index (χ2v) is 12.4. The second-order valence-electron chi connectivity index (χ2n) is 11.4. The topological polar surface area (TPSA) is 120 Å². The summed E-state index contributed by atoms with van der Waals surface area (Å²) in [6.45, 7) is 11.3. The molecule has 0 atom stereocenters. The highest BCUT2D eigenvalue weighted by Crippen LogP contribution is 2.32. The minimum Gasteiger partial charge on any atom is -0.482 e. The van der Waals surface area contributed by atoms with Crippen molar-refractivity contribution in [3.63, 3.8) is 0 Å². The highest BCUT2D eigenvalue weighted by atomic mass is 32.1. The van der Waals surface area contributed by atoms with E-state index in [0.717, 1.165) is 26.4 Å². The van der Waals surface area contributed by atoms with Crippen molar-refractivity contribution in [3.8, 4) is 17.0 Å². The van der Waals surface area contributed by atoms with Gasteiger partial charge < -0.3 is 19.3 Å². The van der Waals surface area contributed by atoms with Gasteiger partial charge in [-0.3, -0.25) is 9.72 Å². The lowest BCUT2D eigenvalue weighted by atomic mass is 9.93. The van der Waals surface area contributed by atoms with Gasteiger partial charge >= 0.3 is 12.0 Å². The van der Waals surface area contributed by atoms with Gasteiger partial charge in [0, 0.05) is 28.9 Å². The van der Waals surface area contributed by atoms with Gasteiger partial charge in [0.1, 0.15) is 17.1 Å². The molecule has 0 aliphatic heterocycles. The van der Waals surface area contributed by atoms with Gasteiger partial charge in [-0.15, -0.1) is 0 Å². The Kier molecular flexibility index (Phi) is 7.01. The summed E-state index contributed by atoms with van der Waals surface area (Å²) in [5.74, 6) is 1.22. The van der Waals surface area contributed by atoms with Crippen molar-refractivity contribution in [2.75, 3.05) is 17.2 Å². The summed E-state index contributed by atoms with van der Waals surface area (Å²) in [6.07, 6.45) is 1.97. The minimum absolute atomic E-state index is 0.152. The molecule has 10 nitrogen and oxygen atoms in total. The summed E-state index contributed by atoms with van der Waals surface area (Å²) in [5, 5.41) is 9.39. The quantitative estimate of drug-likeness (QED) is 0.217. The molecule has 2 amide bonds. The fraction of sp³-hybridized carbons (Fsp3) is 0.310. The minimum atomic E-state index is -0.554. The zero-order chi connectivity index (χ0) is 28.7. The van der Waals surface area contributed by atoms with E-state index in [0.29, 0.717) is 23.0 Å². The largest absolute Gasteiger partial charge is 0.482 e. The molecule has 0 saturated carbocycles. The van der Waals surface area contributed by atoms with Gasteiger partial charge in [0.2, 0.25) is 0 Å². The Bertz CT molecular complexity index is 1690. The molecule has 40 heavy (non-hydrogen) atoms. The molecule has 0 spiro atoms. The SMILES string of the molecule is CC(C)(C)OC(=O)COc1ccc2c(c1)sc1nc(-c3ccc(NC(=O)Nc4cc(C(C)(C)C)on4)cc3)cn12. The maximum atomic E-state index is 12.4. The Morgan fingerprint density at radius 1 is 1.00 bits per heavy atom. The molecule has 208 valence electrons. The number of urea groups is 1. The molecule has 0 aliphatic rings. The Hall–Kier alpha value is -4.38. The molecule has 0 fully saturated rings. The first-order valence-electron chi connectivity index (χ1n) is 12.8. The number of carbonyl (C=O) groups excluding carboxylic acids is 2. The molecule has 0 saturated heterocycles. The number of aromatic nitrogens is 3.